The summed E-state index contributed by atoms with van der Waals surface area (Å²) < 4.78 is 0. The smallest absolute Gasteiger partial charge is 0.294 e. The standard InChI is InChI=1S/C18H25N7O2/c1-2-4-13-10-17(24-8-3-5-12(19)11-24)23-18(21-13)22-14-6-7-15(20)16(9-14)25(26)27/h6-7,9-10,12H,2-5,8,11,19-20H2,1H3,(H,21,22,23)/t12-/m1/s1. The molecule has 9 nitrogen and oxygen atoms in total. The molecule has 0 unspecified atom stereocenters. The van der Waals surface area contributed by atoms with Crippen LogP contribution in [0.1, 0.15) is 31.9 Å². The van der Waals surface area contributed by atoms with E-state index in [9.17, 15) is 10.1 Å². The van der Waals surface area contributed by atoms with Crippen LogP contribution >= 0.6 is 0 Å². The van der Waals surface area contributed by atoms with Gasteiger partial charge in [-0.1, -0.05) is 13.3 Å². The Balaban J connectivity index is 1.90. The van der Waals surface area contributed by atoms with Gasteiger partial charge in [-0.2, -0.15) is 4.98 Å². The van der Waals surface area contributed by atoms with Crippen LogP contribution in [-0.2, 0) is 6.42 Å². The van der Waals surface area contributed by atoms with Crippen molar-refractivity contribution in [3.8, 4) is 0 Å². The molecular weight excluding hydrogens is 346 g/mol. The summed E-state index contributed by atoms with van der Waals surface area (Å²) in [5.74, 6) is 1.24. The van der Waals surface area contributed by atoms with Gasteiger partial charge in [0.1, 0.15) is 11.5 Å². The average Bonchev–Trinajstić information content (AvgIpc) is 2.63. The molecule has 0 saturated carbocycles. The van der Waals surface area contributed by atoms with Gasteiger partial charge >= 0.3 is 0 Å². The molecule has 0 radical (unpaired) electrons. The third-order valence-corrected chi connectivity index (χ3v) is 4.54. The monoisotopic (exact) mass is 371 g/mol. The first-order chi connectivity index (χ1) is 13.0. The Bertz CT molecular complexity index is 827. The summed E-state index contributed by atoms with van der Waals surface area (Å²) in [6.07, 6.45) is 3.83. The SMILES string of the molecule is CCCc1cc(N2CCC[C@@H](N)C2)nc(Nc2ccc(N)c([N+](=O)[O-])c2)n1. The van der Waals surface area contributed by atoms with Crippen LogP contribution in [0.5, 0.6) is 0 Å². The first kappa shape index (κ1) is 18.8. The molecule has 3 rings (SSSR count). The van der Waals surface area contributed by atoms with Crippen molar-refractivity contribution in [3.63, 3.8) is 0 Å². The van der Waals surface area contributed by atoms with Crippen molar-refractivity contribution in [2.45, 2.75) is 38.6 Å². The van der Waals surface area contributed by atoms with E-state index in [1.54, 1.807) is 6.07 Å². The van der Waals surface area contributed by atoms with Gasteiger partial charge in [0.05, 0.1) is 4.92 Å². The van der Waals surface area contributed by atoms with Gasteiger partial charge in [-0.15, -0.1) is 0 Å². The summed E-state index contributed by atoms with van der Waals surface area (Å²) in [7, 11) is 0. The maximum atomic E-state index is 11.1. The number of nitro benzene ring substituents is 1. The zero-order chi connectivity index (χ0) is 19.4. The number of aryl methyl sites for hydroxylation is 1. The van der Waals surface area contributed by atoms with Crippen LogP contribution in [0.3, 0.4) is 0 Å². The lowest BCUT2D eigenvalue weighted by molar-refractivity contribution is -0.383. The maximum absolute atomic E-state index is 11.1. The van der Waals surface area contributed by atoms with E-state index in [-0.39, 0.29) is 17.4 Å². The number of aromatic nitrogens is 2. The third kappa shape index (κ3) is 4.62. The molecule has 0 spiro atoms. The molecule has 5 N–H and O–H groups in total. The molecule has 2 aromatic rings. The van der Waals surface area contributed by atoms with Gasteiger partial charge < -0.3 is 21.7 Å². The van der Waals surface area contributed by atoms with Crippen molar-refractivity contribution >= 4 is 28.8 Å². The van der Waals surface area contributed by atoms with Crippen LogP contribution in [0.4, 0.5) is 28.8 Å². The third-order valence-electron chi connectivity index (χ3n) is 4.54. The van der Waals surface area contributed by atoms with Crippen LogP contribution < -0.4 is 21.7 Å². The molecule has 1 aromatic carbocycles. The minimum absolute atomic E-state index is 0.120. The Morgan fingerprint density at radius 3 is 2.89 bits per heavy atom. The fraction of sp³-hybridized carbons (Fsp3) is 0.444. The Labute approximate surface area is 157 Å². The highest BCUT2D eigenvalue weighted by Gasteiger charge is 2.20. The number of hydrogen-bond acceptors (Lipinski definition) is 8. The van der Waals surface area contributed by atoms with Gasteiger partial charge in [0.15, 0.2) is 0 Å². The van der Waals surface area contributed by atoms with Crippen molar-refractivity contribution in [3.05, 3.63) is 40.1 Å². The Morgan fingerprint density at radius 2 is 2.19 bits per heavy atom. The van der Waals surface area contributed by atoms with E-state index in [1.807, 2.05) is 6.07 Å². The first-order valence-corrected chi connectivity index (χ1v) is 9.15. The van der Waals surface area contributed by atoms with Gasteiger partial charge in [0, 0.05) is 42.6 Å². The minimum Gasteiger partial charge on any atom is -0.393 e. The number of nitrogens with two attached hydrogens (primary N) is 2. The normalized spacial score (nSPS) is 17.0. The van der Waals surface area contributed by atoms with Crippen molar-refractivity contribution < 1.29 is 4.92 Å². The second-order valence-electron chi connectivity index (χ2n) is 6.80. The lowest BCUT2D eigenvalue weighted by atomic mass is 10.1. The van der Waals surface area contributed by atoms with Gasteiger partial charge in [0.2, 0.25) is 5.95 Å². The zero-order valence-corrected chi connectivity index (χ0v) is 15.4. The molecule has 1 aliphatic heterocycles. The van der Waals surface area contributed by atoms with Crippen molar-refractivity contribution in [1.29, 1.82) is 0 Å². The van der Waals surface area contributed by atoms with Gasteiger partial charge in [-0.3, -0.25) is 10.1 Å². The largest absolute Gasteiger partial charge is 0.393 e. The van der Waals surface area contributed by atoms with Crippen molar-refractivity contribution in [2.24, 2.45) is 5.73 Å². The fourth-order valence-corrected chi connectivity index (χ4v) is 3.21. The lowest BCUT2D eigenvalue weighted by Gasteiger charge is -2.32. The second-order valence-corrected chi connectivity index (χ2v) is 6.80. The number of hydrogen-bond donors (Lipinski definition) is 3. The highest BCUT2D eigenvalue weighted by atomic mass is 16.6. The number of nitrogens with zero attached hydrogens (tertiary/aromatic N) is 4. The van der Waals surface area contributed by atoms with E-state index in [2.05, 4.69) is 27.1 Å². The summed E-state index contributed by atoms with van der Waals surface area (Å²) in [4.78, 5) is 21.9. The average molecular weight is 371 g/mol. The number of nitro groups is 1. The molecule has 0 aliphatic carbocycles. The van der Waals surface area contributed by atoms with Gasteiger partial charge in [-0.25, -0.2) is 4.98 Å². The number of anilines is 4. The van der Waals surface area contributed by atoms with E-state index >= 15 is 0 Å². The highest BCUT2D eigenvalue weighted by Crippen LogP contribution is 2.27. The van der Waals surface area contributed by atoms with Gasteiger partial charge in [-0.05, 0) is 31.4 Å². The highest BCUT2D eigenvalue weighted by molar-refractivity contribution is 5.68. The molecule has 0 bridgehead atoms. The maximum Gasteiger partial charge on any atom is 0.294 e. The lowest BCUT2D eigenvalue weighted by Crippen LogP contribution is -2.43. The molecule has 9 heteroatoms. The number of nitrogens with one attached hydrogen (secondary N) is 1. The molecule has 1 aliphatic rings. The van der Waals surface area contributed by atoms with E-state index in [1.165, 1.54) is 12.1 Å². The van der Waals surface area contributed by atoms with Crippen LogP contribution in [-0.4, -0.2) is 34.0 Å². The quantitative estimate of drug-likeness (QED) is 0.400. The van der Waals surface area contributed by atoms with Crippen LogP contribution in [0, 0.1) is 10.1 Å². The minimum atomic E-state index is -0.505. The molecule has 1 aromatic heterocycles. The van der Waals surface area contributed by atoms with E-state index in [0.717, 1.165) is 50.3 Å². The van der Waals surface area contributed by atoms with Crippen LogP contribution in [0.25, 0.3) is 0 Å². The van der Waals surface area contributed by atoms with Crippen molar-refractivity contribution in [1.82, 2.24) is 9.97 Å². The Hall–Kier alpha value is -2.94. The fourth-order valence-electron chi connectivity index (χ4n) is 3.21. The molecule has 27 heavy (non-hydrogen) atoms. The molecular formula is C18H25N7O2. The molecule has 1 fully saturated rings. The summed E-state index contributed by atoms with van der Waals surface area (Å²) in [6, 6.07) is 6.70. The van der Waals surface area contributed by atoms with Crippen LogP contribution in [0.15, 0.2) is 24.3 Å². The molecule has 1 saturated heterocycles. The Kier molecular flexibility index (Phi) is 5.70. The van der Waals surface area contributed by atoms with Crippen LogP contribution in [0.2, 0.25) is 0 Å². The molecule has 144 valence electrons. The summed E-state index contributed by atoms with van der Waals surface area (Å²) in [6.45, 7) is 3.76. The van der Waals surface area contributed by atoms with E-state index in [0.29, 0.717) is 11.6 Å². The molecule has 2 heterocycles. The zero-order valence-electron chi connectivity index (χ0n) is 15.4. The number of benzene rings is 1. The number of piperidine rings is 1. The predicted octanol–water partition coefficient (Wildman–Crippen LogP) is 2.59. The van der Waals surface area contributed by atoms with E-state index < -0.39 is 4.92 Å². The van der Waals surface area contributed by atoms with E-state index in [4.69, 9.17) is 11.5 Å². The second kappa shape index (κ2) is 8.17. The van der Waals surface area contributed by atoms with Crippen molar-refractivity contribution in [2.75, 3.05) is 29.0 Å². The summed E-state index contributed by atoms with van der Waals surface area (Å²) >= 11 is 0. The number of rotatable bonds is 6. The first-order valence-electron chi connectivity index (χ1n) is 9.15. The summed E-state index contributed by atoms with van der Waals surface area (Å²) in [5, 5.41) is 14.2. The number of nitrogen functional groups attached to an aromatic ring is 1. The Morgan fingerprint density at radius 1 is 1.37 bits per heavy atom. The molecule has 1 atom stereocenters. The topological polar surface area (TPSA) is 136 Å². The predicted molar refractivity (Wildman–Crippen MR) is 106 cm³/mol. The van der Waals surface area contributed by atoms with Gasteiger partial charge in [0.25, 0.3) is 5.69 Å². The molecule has 0 amide bonds. The summed E-state index contributed by atoms with van der Waals surface area (Å²) in [5.41, 5.74) is 13.2.